The molecule has 1 amide bonds. The lowest BCUT2D eigenvalue weighted by atomic mass is 9.89. The summed E-state index contributed by atoms with van der Waals surface area (Å²) in [5.74, 6) is -0.0715. The van der Waals surface area contributed by atoms with Crippen molar-refractivity contribution in [2.75, 3.05) is 11.9 Å². The Morgan fingerprint density at radius 3 is 2.76 bits per heavy atom. The molecule has 3 nitrogen and oxygen atoms in total. The highest BCUT2D eigenvalue weighted by Crippen LogP contribution is 2.38. The lowest BCUT2D eigenvalue weighted by Gasteiger charge is -2.26. The molecule has 1 aromatic heterocycles. The summed E-state index contributed by atoms with van der Waals surface area (Å²) in [7, 11) is 0. The summed E-state index contributed by atoms with van der Waals surface area (Å²) < 4.78 is 0. The SMILES string of the molecule is O=C(NCC1(CBr)CCCC1)c1ccccn1. The first-order chi connectivity index (χ1) is 8.26. The summed E-state index contributed by atoms with van der Waals surface area (Å²) in [6.45, 7) is 0.744. The summed E-state index contributed by atoms with van der Waals surface area (Å²) in [6, 6.07) is 5.39. The van der Waals surface area contributed by atoms with Gasteiger partial charge in [-0.3, -0.25) is 9.78 Å². The molecule has 92 valence electrons. The number of pyridine rings is 1. The first-order valence-electron chi connectivity index (χ1n) is 6.01. The van der Waals surface area contributed by atoms with Crippen LogP contribution in [0.4, 0.5) is 0 Å². The summed E-state index contributed by atoms with van der Waals surface area (Å²) >= 11 is 3.57. The van der Waals surface area contributed by atoms with Crippen LogP contribution in [0.3, 0.4) is 0 Å². The number of hydrogen-bond acceptors (Lipinski definition) is 2. The first kappa shape index (κ1) is 12.6. The Balaban J connectivity index is 1.92. The van der Waals surface area contributed by atoms with E-state index in [1.165, 1.54) is 25.7 Å². The van der Waals surface area contributed by atoms with Crippen molar-refractivity contribution < 1.29 is 4.79 Å². The molecule has 0 spiro atoms. The summed E-state index contributed by atoms with van der Waals surface area (Å²) in [6.07, 6.45) is 6.57. The predicted molar refractivity (Wildman–Crippen MR) is 71.3 cm³/mol. The van der Waals surface area contributed by atoms with E-state index in [1.54, 1.807) is 12.3 Å². The van der Waals surface area contributed by atoms with E-state index in [0.717, 1.165) is 11.9 Å². The smallest absolute Gasteiger partial charge is 0.269 e. The van der Waals surface area contributed by atoms with E-state index in [0.29, 0.717) is 5.69 Å². The summed E-state index contributed by atoms with van der Waals surface area (Å²) in [5.41, 5.74) is 0.750. The molecule has 4 heteroatoms. The highest BCUT2D eigenvalue weighted by Gasteiger charge is 2.33. The van der Waals surface area contributed by atoms with Gasteiger partial charge in [0.1, 0.15) is 5.69 Å². The van der Waals surface area contributed by atoms with E-state index in [9.17, 15) is 4.79 Å². The quantitative estimate of drug-likeness (QED) is 0.868. The molecule has 0 radical (unpaired) electrons. The number of carbonyl (C=O) groups excluding carboxylic acids is 1. The van der Waals surface area contributed by atoms with E-state index in [-0.39, 0.29) is 11.3 Å². The van der Waals surface area contributed by atoms with Crippen LogP contribution >= 0.6 is 15.9 Å². The Bertz CT molecular complexity index is 374. The van der Waals surface area contributed by atoms with Gasteiger partial charge in [-0.1, -0.05) is 34.8 Å². The number of amides is 1. The van der Waals surface area contributed by atoms with Gasteiger partial charge in [-0.2, -0.15) is 0 Å². The number of nitrogens with one attached hydrogen (secondary N) is 1. The molecule has 1 aromatic rings. The van der Waals surface area contributed by atoms with Gasteiger partial charge in [-0.15, -0.1) is 0 Å². The molecule has 17 heavy (non-hydrogen) atoms. The van der Waals surface area contributed by atoms with Crippen LogP contribution in [-0.4, -0.2) is 22.8 Å². The van der Waals surface area contributed by atoms with Crippen molar-refractivity contribution >= 4 is 21.8 Å². The normalized spacial score (nSPS) is 17.9. The van der Waals surface area contributed by atoms with E-state index >= 15 is 0 Å². The van der Waals surface area contributed by atoms with E-state index < -0.39 is 0 Å². The molecule has 0 aliphatic heterocycles. The Kier molecular flexibility index (Phi) is 4.15. The van der Waals surface area contributed by atoms with Crippen molar-refractivity contribution in [3.8, 4) is 0 Å². The number of hydrogen-bond donors (Lipinski definition) is 1. The van der Waals surface area contributed by atoms with Crippen LogP contribution < -0.4 is 5.32 Å². The highest BCUT2D eigenvalue weighted by atomic mass is 79.9. The molecule has 0 unspecified atom stereocenters. The van der Waals surface area contributed by atoms with Crippen molar-refractivity contribution in [2.45, 2.75) is 25.7 Å². The fraction of sp³-hybridized carbons (Fsp3) is 0.538. The zero-order valence-electron chi connectivity index (χ0n) is 9.79. The first-order valence-corrected chi connectivity index (χ1v) is 7.13. The van der Waals surface area contributed by atoms with E-state index in [2.05, 4.69) is 26.2 Å². The zero-order chi connectivity index (χ0) is 12.1. The topological polar surface area (TPSA) is 42.0 Å². The fourth-order valence-corrected chi connectivity index (χ4v) is 3.10. The molecule has 1 aliphatic rings. The summed E-state index contributed by atoms with van der Waals surface area (Å²) in [5, 5.41) is 3.96. The predicted octanol–water partition coefficient (Wildman–Crippen LogP) is 2.77. The Morgan fingerprint density at radius 1 is 1.41 bits per heavy atom. The zero-order valence-corrected chi connectivity index (χ0v) is 11.4. The third-order valence-corrected chi connectivity index (χ3v) is 4.66. The van der Waals surface area contributed by atoms with Gasteiger partial charge in [0.2, 0.25) is 0 Å². The Morgan fingerprint density at radius 2 is 2.18 bits per heavy atom. The van der Waals surface area contributed by atoms with Crippen LogP contribution in [0.25, 0.3) is 0 Å². The van der Waals surface area contributed by atoms with Crippen LogP contribution in [0, 0.1) is 5.41 Å². The molecule has 0 atom stereocenters. The highest BCUT2D eigenvalue weighted by molar-refractivity contribution is 9.09. The molecule has 1 aliphatic carbocycles. The Labute approximate surface area is 110 Å². The van der Waals surface area contributed by atoms with Gasteiger partial charge in [0.05, 0.1) is 0 Å². The van der Waals surface area contributed by atoms with Gasteiger partial charge < -0.3 is 5.32 Å². The molecule has 0 saturated heterocycles. The standard InChI is InChI=1S/C13H17BrN2O/c14-9-13(6-2-3-7-13)10-16-12(17)11-5-1-4-8-15-11/h1,4-5,8H,2-3,6-7,9-10H2,(H,16,17). The van der Waals surface area contributed by atoms with Crippen LogP contribution in [0.15, 0.2) is 24.4 Å². The maximum absolute atomic E-state index is 11.9. The second-order valence-electron chi connectivity index (χ2n) is 4.74. The largest absolute Gasteiger partial charge is 0.350 e. The molecule has 1 heterocycles. The molecule has 0 aromatic carbocycles. The van der Waals surface area contributed by atoms with Gasteiger partial charge in [-0.05, 0) is 30.4 Å². The monoisotopic (exact) mass is 296 g/mol. The van der Waals surface area contributed by atoms with Crippen molar-refractivity contribution in [3.63, 3.8) is 0 Å². The van der Waals surface area contributed by atoms with Gasteiger partial charge in [0, 0.05) is 18.1 Å². The van der Waals surface area contributed by atoms with Crippen LogP contribution in [-0.2, 0) is 0 Å². The molecule has 1 N–H and O–H groups in total. The van der Waals surface area contributed by atoms with E-state index in [4.69, 9.17) is 0 Å². The Hall–Kier alpha value is -0.900. The second-order valence-corrected chi connectivity index (χ2v) is 5.30. The maximum Gasteiger partial charge on any atom is 0.269 e. The molecular formula is C13H17BrN2O. The van der Waals surface area contributed by atoms with Crippen molar-refractivity contribution in [1.82, 2.24) is 10.3 Å². The van der Waals surface area contributed by atoms with Gasteiger partial charge >= 0.3 is 0 Å². The van der Waals surface area contributed by atoms with Gasteiger partial charge in [0.15, 0.2) is 0 Å². The maximum atomic E-state index is 11.9. The number of alkyl halides is 1. The second kappa shape index (κ2) is 5.63. The molecule has 2 rings (SSSR count). The number of halogens is 1. The number of carbonyl (C=O) groups is 1. The molecular weight excluding hydrogens is 280 g/mol. The fourth-order valence-electron chi connectivity index (χ4n) is 2.34. The molecule has 0 bridgehead atoms. The van der Waals surface area contributed by atoms with E-state index in [1.807, 2.05) is 12.1 Å². The number of aromatic nitrogens is 1. The third kappa shape index (κ3) is 3.06. The van der Waals surface area contributed by atoms with Crippen molar-refractivity contribution in [2.24, 2.45) is 5.41 Å². The lowest BCUT2D eigenvalue weighted by molar-refractivity contribution is 0.0930. The summed E-state index contributed by atoms with van der Waals surface area (Å²) in [4.78, 5) is 15.9. The van der Waals surface area contributed by atoms with Crippen LogP contribution in [0.1, 0.15) is 36.2 Å². The third-order valence-electron chi connectivity index (χ3n) is 3.47. The van der Waals surface area contributed by atoms with Gasteiger partial charge in [-0.25, -0.2) is 0 Å². The lowest BCUT2D eigenvalue weighted by Crippen LogP contribution is -2.37. The minimum absolute atomic E-state index is 0.0715. The minimum Gasteiger partial charge on any atom is -0.350 e. The van der Waals surface area contributed by atoms with Crippen LogP contribution in [0.5, 0.6) is 0 Å². The average Bonchev–Trinajstić information content (AvgIpc) is 2.86. The van der Waals surface area contributed by atoms with Gasteiger partial charge in [0.25, 0.3) is 5.91 Å². The number of rotatable bonds is 4. The minimum atomic E-state index is -0.0715. The number of nitrogens with zero attached hydrogens (tertiary/aromatic N) is 1. The van der Waals surface area contributed by atoms with Crippen molar-refractivity contribution in [1.29, 1.82) is 0 Å². The molecule has 1 saturated carbocycles. The van der Waals surface area contributed by atoms with Crippen molar-refractivity contribution in [3.05, 3.63) is 30.1 Å². The van der Waals surface area contributed by atoms with Crippen LogP contribution in [0.2, 0.25) is 0 Å². The molecule has 1 fully saturated rings. The average molecular weight is 297 g/mol.